The predicted molar refractivity (Wildman–Crippen MR) is 78.1 cm³/mol. The van der Waals surface area contributed by atoms with Gasteiger partial charge in [0.15, 0.2) is 0 Å². The van der Waals surface area contributed by atoms with Crippen molar-refractivity contribution in [1.29, 1.82) is 0 Å². The lowest BCUT2D eigenvalue weighted by Gasteiger charge is -2.27. The van der Waals surface area contributed by atoms with Gasteiger partial charge in [-0.15, -0.1) is 0 Å². The van der Waals surface area contributed by atoms with Crippen LogP contribution in [0.5, 0.6) is 0 Å². The smallest absolute Gasteiger partial charge is 0.331 e. The molecule has 1 aromatic heterocycles. The van der Waals surface area contributed by atoms with Crippen LogP contribution in [-0.2, 0) is 9.53 Å². The maximum absolute atomic E-state index is 12.0. The summed E-state index contributed by atoms with van der Waals surface area (Å²) in [4.78, 5) is 12.0. The summed E-state index contributed by atoms with van der Waals surface area (Å²) in [7, 11) is 1.37. The maximum atomic E-state index is 12.0. The normalized spacial score (nSPS) is 13.5. The number of hydrogen-bond donors (Lipinski definition) is 1. The molecule has 7 nitrogen and oxygen atoms in total. The minimum atomic E-state index is -0.870. The molecule has 2 aromatic rings. The molecule has 1 aromatic carbocycles. The van der Waals surface area contributed by atoms with Crippen LogP contribution in [0.3, 0.4) is 0 Å². The number of para-hydroxylation sites is 1. The fourth-order valence-electron chi connectivity index (χ4n) is 2.20. The molecule has 0 spiro atoms. The lowest BCUT2D eigenvalue weighted by Crippen LogP contribution is -2.45. The Labute approximate surface area is 123 Å². The first-order valence-corrected chi connectivity index (χ1v) is 6.81. The first-order valence-electron chi connectivity index (χ1n) is 6.81. The van der Waals surface area contributed by atoms with Gasteiger partial charge in [0, 0.05) is 0 Å². The molecular formula is C14H19N5O2. The minimum absolute atomic E-state index is 0.341. The highest BCUT2D eigenvalue weighted by molar-refractivity contribution is 5.83. The quantitative estimate of drug-likeness (QED) is 0.817. The second-order valence-corrected chi connectivity index (χ2v) is 4.95. The number of methoxy groups -OCH3 is 1. The number of carbonyl (C=O) groups excluding carboxylic acids is 1. The predicted octanol–water partition coefficient (Wildman–Crippen LogP) is 1.81. The number of nitrogens with one attached hydrogen (secondary N) is 1. The molecular weight excluding hydrogens is 270 g/mol. The van der Waals surface area contributed by atoms with Crippen molar-refractivity contribution >= 4 is 11.9 Å². The van der Waals surface area contributed by atoms with Crippen LogP contribution in [0.4, 0.5) is 5.95 Å². The van der Waals surface area contributed by atoms with Gasteiger partial charge in [-0.2, -0.15) is 4.68 Å². The summed E-state index contributed by atoms with van der Waals surface area (Å²) in [6.07, 6.45) is 1.44. The molecule has 0 radical (unpaired) electrons. The zero-order chi connectivity index (χ0) is 15.3. The van der Waals surface area contributed by atoms with E-state index in [1.54, 1.807) is 11.6 Å². The van der Waals surface area contributed by atoms with E-state index in [2.05, 4.69) is 20.8 Å². The molecule has 1 N–H and O–H groups in total. The molecule has 0 amide bonds. The van der Waals surface area contributed by atoms with Gasteiger partial charge >= 0.3 is 5.97 Å². The van der Waals surface area contributed by atoms with Crippen molar-refractivity contribution in [2.45, 2.75) is 32.2 Å². The van der Waals surface area contributed by atoms with E-state index in [-0.39, 0.29) is 5.97 Å². The monoisotopic (exact) mass is 289 g/mol. The zero-order valence-corrected chi connectivity index (χ0v) is 12.4. The van der Waals surface area contributed by atoms with Gasteiger partial charge < -0.3 is 10.1 Å². The number of hydrogen-bond acceptors (Lipinski definition) is 6. The summed E-state index contributed by atoms with van der Waals surface area (Å²) in [5, 5.41) is 14.7. The van der Waals surface area contributed by atoms with Gasteiger partial charge in [0.25, 0.3) is 0 Å². The van der Waals surface area contributed by atoms with E-state index in [0.29, 0.717) is 12.4 Å². The van der Waals surface area contributed by atoms with Gasteiger partial charge in [-0.05, 0) is 35.9 Å². The number of rotatable bonds is 6. The minimum Gasteiger partial charge on any atom is -0.467 e. The Morgan fingerprint density at radius 1 is 1.38 bits per heavy atom. The van der Waals surface area contributed by atoms with Crippen molar-refractivity contribution in [3.8, 4) is 5.69 Å². The third-order valence-corrected chi connectivity index (χ3v) is 3.24. The first kappa shape index (κ1) is 15.0. The highest BCUT2D eigenvalue weighted by Gasteiger charge is 2.35. The van der Waals surface area contributed by atoms with Gasteiger partial charge in [0.2, 0.25) is 5.95 Å². The summed E-state index contributed by atoms with van der Waals surface area (Å²) in [5.74, 6) is 0.0644. The molecule has 0 aliphatic rings. The van der Waals surface area contributed by atoms with Crippen molar-refractivity contribution in [3.63, 3.8) is 0 Å². The molecule has 21 heavy (non-hydrogen) atoms. The Morgan fingerprint density at radius 2 is 2.10 bits per heavy atom. The number of tetrazole rings is 1. The van der Waals surface area contributed by atoms with E-state index >= 15 is 0 Å². The molecule has 7 heteroatoms. The molecule has 2 rings (SSSR count). The van der Waals surface area contributed by atoms with Crippen LogP contribution in [0.25, 0.3) is 5.69 Å². The van der Waals surface area contributed by atoms with Crippen molar-refractivity contribution in [2.24, 2.45) is 0 Å². The van der Waals surface area contributed by atoms with E-state index in [0.717, 1.165) is 12.1 Å². The van der Waals surface area contributed by atoms with Gasteiger partial charge in [-0.25, -0.2) is 4.79 Å². The average molecular weight is 289 g/mol. The number of benzene rings is 1. The number of carbonyl (C=O) groups is 1. The lowest BCUT2D eigenvalue weighted by molar-refractivity contribution is -0.145. The molecule has 0 saturated carbocycles. The highest BCUT2D eigenvalue weighted by Crippen LogP contribution is 2.21. The first-order chi connectivity index (χ1) is 10.1. The fourth-order valence-corrected chi connectivity index (χ4v) is 2.20. The third-order valence-electron chi connectivity index (χ3n) is 3.24. The van der Waals surface area contributed by atoms with Crippen molar-refractivity contribution in [2.75, 3.05) is 12.4 Å². The Balaban J connectivity index is 2.31. The Hall–Kier alpha value is -2.44. The lowest BCUT2D eigenvalue weighted by atomic mass is 9.96. The third kappa shape index (κ3) is 3.18. The van der Waals surface area contributed by atoms with Crippen LogP contribution in [-0.4, -0.2) is 38.8 Å². The molecule has 1 unspecified atom stereocenters. The van der Waals surface area contributed by atoms with Gasteiger partial charge in [0.1, 0.15) is 5.54 Å². The van der Waals surface area contributed by atoms with E-state index in [1.165, 1.54) is 7.11 Å². The van der Waals surface area contributed by atoms with Crippen LogP contribution in [0, 0.1) is 0 Å². The zero-order valence-electron chi connectivity index (χ0n) is 12.4. The Kier molecular flexibility index (Phi) is 4.52. The SMILES string of the molecule is CCCC(C)(Nc1nnnn1-c1ccccc1)C(=O)OC. The summed E-state index contributed by atoms with van der Waals surface area (Å²) >= 11 is 0. The summed E-state index contributed by atoms with van der Waals surface area (Å²) in [6, 6.07) is 9.48. The van der Waals surface area contributed by atoms with Crippen LogP contribution >= 0.6 is 0 Å². The van der Waals surface area contributed by atoms with E-state index < -0.39 is 5.54 Å². The summed E-state index contributed by atoms with van der Waals surface area (Å²) in [5.41, 5.74) is -0.0567. The number of ether oxygens (including phenoxy) is 1. The Bertz CT molecular complexity index is 598. The van der Waals surface area contributed by atoms with E-state index in [9.17, 15) is 4.79 Å². The van der Waals surface area contributed by atoms with E-state index in [1.807, 2.05) is 37.3 Å². The molecule has 0 aliphatic carbocycles. The van der Waals surface area contributed by atoms with Crippen molar-refractivity contribution in [3.05, 3.63) is 30.3 Å². The second kappa shape index (κ2) is 6.34. The summed E-state index contributed by atoms with van der Waals surface area (Å²) < 4.78 is 6.44. The molecule has 0 bridgehead atoms. The number of aromatic nitrogens is 4. The number of esters is 1. The summed E-state index contributed by atoms with van der Waals surface area (Å²) in [6.45, 7) is 3.79. The van der Waals surface area contributed by atoms with Crippen LogP contribution < -0.4 is 5.32 Å². The number of nitrogens with zero attached hydrogens (tertiary/aromatic N) is 4. The molecule has 0 saturated heterocycles. The largest absolute Gasteiger partial charge is 0.467 e. The average Bonchev–Trinajstić information content (AvgIpc) is 2.95. The van der Waals surface area contributed by atoms with Crippen LogP contribution in [0.1, 0.15) is 26.7 Å². The van der Waals surface area contributed by atoms with Crippen LogP contribution in [0.2, 0.25) is 0 Å². The maximum Gasteiger partial charge on any atom is 0.331 e. The standard InChI is InChI=1S/C14H19N5O2/c1-4-10-14(2,12(20)21-3)15-13-16-17-18-19(13)11-8-6-5-7-9-11/h5-9H,4,10H2,1-3H3,(H,15,16,18). The van der Waals surface area contributed by atoms with Crippen LogP contribution in [0.15, 0.2) is 30.3 Å². The Morgan fingerprint density at radius 3 is 2.71 bits per heavy atom. The fraction of sp³-hybridized carbons (Fsp3) is 0.429. The topological polar surface area (TPSA) is 81.9 Å². The molecule has 0 fully saturated rings. The molecule has 112 valence electrons. The van der Waals surface area contributed by atoms with Gasteiger partial charge in [0.05, 0.1) is 12.8 Å². The van der Waals surface area contributed by atoms with Crippen molar-refractivity contribution < 1.29 is 9.53 Å². The second-order valence-electron chi connectivity index (χ2n) is 4.95. The molecule has 1 atom stereocenters. The van der Waals surface area contributed by atoms with E-state index in [4.69, 9.17) is 4.74 Å². The van der Waals surface area contributed by atoms with Gasteiger partial charge in [-0.3, -0.25) is 0 Å². The van der Waals surface area contributed by atoms with Crippen molar-refractivity contribution in [1.82, 2.24) is 20.2 Å². The molecule has 0 aliphatic heterocycles. The van der Waals surface area contributed by atoms with Gasteiger partial charge in [-0.1, -0.05) is 36.6 Å². The number of anilines is 1. The molecule has 1 heterocycles. The highest BCUT2D eigenvalue weighted by atomic mass is 16.5.